The van der Waals surface area contributed by atoms with Crippen LogP contribution in [-0.4, -0.2) is 52.0 Å². The standard InChI is InChI=1S/C18H20N4O3S/c1-11-5-7-13(8-6-11)17(24)19-14-9-10-15(21-20-14)26-16(12(2)23)18(25)22(3)4/h5-10,16H,1-4H3,(H,19,20,24). The highest BCUT2D eigenvalue weighted by Crippen LogP contribution is 2.23. The molecule has 0 fully saturated rings. The quantitative estimate of drug-likeness (QED) is 0.617. The molecular formula is C18H20N4O3S. The average Bonchev–Trinajstić information content (AvgIpc) is 2.60. The van der Waals surface area contributed by atoms with E-state index in [1.165, 1.54) is 11.8 Å². The van der Waals surface area contributed by atoms with Crippen molar-refractivity contribution in [3.8, 4) is 0 Å². The number of aryl methyl sites for hydroxylation is 1. The number of nitrogens with one attached hydrogen (secondary N) is 1. The van der Waals surface area contributed by atoms with Crippen LogP contribution in [0.25, 0.3) is 0 Å². The van der Waals surface area contributed by atoms with Gasteiger partial charge < -0.3 is 10.2 Å². The summed E-state index contributed by atoms with van der Waals surface area (Å²) in [5.74, 6) is -0.560. The van der Waals surface area contributed by atoms with Crippen molar-refractivity contribution in [1.82, 2.24) is 15.1 Å². The van der Waals surface area contributed by atoms with Crippen LogP contribution in [0, 0.1) is 6.92 Å². The Morgan fingerprint density at radius 1 is 1.04 bits per heavy atom. The highest BCUT2D eigenvalue weighted by Gasteiger charge is 2.26. The van der Waals surface area contributed by atoms with Crippen molar-refractivity contribution >= 4 is 35.2 Å². The van der Waals surface area contributed by atoms with Crippen molar-refractivity contribution in [3.63, 3.8) is 0 Å². The molecule has 0 bridgehead atoms. The summed E-state index contributed by atoms with van der Waals surface area (Å²) >= 11 is 1.03. The Balaban J connectivity index is 2.05. The summed E-state index contributed by atoms with van der Waals surface area (Å²) < 4.78 is 0. The summed E-state index contributed by atoms with van der Waals surface area (Å²) in [5.41, 5.74) is 1.58. The Morgan fingerprint density at radius 3 is 2.19 bits per heavy atom. The molecule has 0 aliphatic heterocycles. The lowest BCUT2D eigenvalue weighted by Gasteiger charge is -2.17. The number of carbonyl (C=O) groups excluding carboxylic acids is 3. The fourth-order valence-corrected chi connectivity index (χ4v) is 2.96. The van der Waals surface area contributed by atoms with Gasteiger partial charge in [-0.1, -0.05) is 29.5 Å². The molecular weight excluding hydrogens is 352 g/mol. The zero-order valence-electron chi connectivity index (χ0n) is 15.0. The number of rotatable bonds is 6. The Hall–Kier alpha value is -2.74. The summed E-state index contributed by atoms with van der Waals surface area (Å²) in [4.78, 5) is 37.3. The second-order valence-corrected chi connectivity index (χ2v) is 7.04. The average molecular weight is 372 g/mol. The van der Waals surface area contributed by atoms with Crippen molar-refractivity contribution in [2.24, 2.45) is 0 Å². The third-order valence-corrected chi connectivity index (χ3v) is 4.70. The number of aromatic nitrogens is 2. The highest BCUT2D eigenvalue weighted by atomic mass is 32.2. The van der Waals surface area contributed by atoms with Crippen molar-refractivity contribution in [2.75, 3.05) is 19.4 Å². The molecule has 2 amide bonds. The lowest BCUT2D eigenvalue weighted by Crippen LogP contribution is -2.35. The molecule has 1 aromatic heterocycles. The molecule has 8 heteroatoms. The fraction of sp³-hybridized carbons (Fsp3) is 0.278. The molecule has 136 valence electrons. The van der Waals surface area contributed by atoms with Crippen LogP contribution in [-0.2, 0) is 9.59 Å². The largest absolute Gasteiger partial charge is 0.347 e. The topological polar surface area (TPSA) is 92.3 Å². The first-order valence-electron chi connectivity index (χ1n) is 7.88. The molecule has 2 rings (SSSR count). The van der Waals surface area contributed by atoms with Crippen LogP contribution < -0.4 is 5.32 Å². The number of carbonyl (C=O) groups is 3. The minimum atomic E-state index is -0.868. The van der Waals surface area contributed by atoms with Gasteiger partial charge in [0.25, 0.3) is 5.91 Å². The predicted molar refractivity (Wildman–Crippen MR) is 100 cm³/mol. The number of nitrogens with zero attached hydrogens (tertiary/aromatic N) is 3. The molecule has 0 saturated carbocycles. The van der Waals surface area contributed by atoms with Gasteiger partial charge in [0.1, 0.15) is 10.3 Å². The SMILES string of the molecule is CC(=O)C(Sc1ccc(NC(=O)c2ccc(C)cc2)nn1)C(=O)N(C)C. The van der Waals surface area contributed by atoms with Gasteiger partial charge in [-0.25, -0.2) is 0 Å². The third kappa shape index (κ3) is 5.13. The van der Waals surface area contributed by atoms with E-state index < -0.39 is 5.25 Å². The Labute approximate surface area is 156 Å². The van der Waals surface area contributed by atoms with E-state index in [2.05, 4.69) is 15.5 Å². The van der Waals surface area contributed by atoms with Crippen LogP contribution in [0.2, 0.25) is 0 Å². The monoisotopic (exact) mass is 372 g/mol. The summed E-state index contributed by atoms with van der Waals surface area (Å²) in [7, 11) is 3.18. The number of amides is 2. The highest BCUT2D eigenvalue weighted by molar-refractivity contribution is 8.01. The Bertz CT molecular complexity index is 804. The van der Waals surface area contributed by atoms with E-state index in [-0.39, 0.29) is 17.6 Å². The van der Waals surface area contributed by atoms with Crippen LogP contribution >= 0.6 is 11.8 Å². The number of hydrogen-bond acceptors (Lipinski definition) is 6. The number of benzene rings is 1. The van der Waals surface area contributed by atoms with Crippen LogP contribution in [0.4, 0.5) is 5.82 Å². The van der Waals surface area contributed by atoms with E-state index in [0.717, 1.165) is 17.3 Å². The third-order valence-electron chi connectivity index (χ3n) is 3.47. The van der Waals surface area contributed by atoms with Gasteiger partial charge in [0.05, 0.1) is 0 Å². The zero-order chi connectivity index (χ0) is 19.3. The van der Waals surface area contributed by atoms with E-state index >= 15 is 0 Å². The van der Waals surface area contributed by atoms with Crippen molar-refractivity contribution in [1.29, 1.82) is 0 Å². The number of anilines is 1. The minimum Gasteiger partial charge on any atom is -0.347 e. The molecule has 1 atom stereocenters. The number of ketones is 1. The maximum absolute atomic E-state index is 12.2. The molecule has 26 heavy (non-hydrogen) atoms. The van der Waals surface area contributed by atoms with Gasteiger partial charge in [0.2, 0.25) is 5.91 Å². The second kappa shape index (κ2) is 8.57. The minimum absolute atomic E-state index is 0.257. The fourth-order valence-electron chi connectivity index (χ4n) is 2.01. The number of hydrogen-bond donors (Lipinski definition) is 1. The second-order valence-electron chi connectivity index (χ2n) is 5.92. The molecule has 0 radical (unpaired) electrons. The number of Topliss-reactive ketones (excluding diaryl/α,β-unsaturated/α-hetero) is 1. The maximum Gasteiger partial charge on any atom is 0.256 e. The molecule has 0 aliphatic rings. The molecule has 7 nitrogen and oxygen atoms in total. The van der Waals surface area contributed by atoms with Gasteiger partial charge in [-0.3, -0.25) is 14.4 Å². The lowest BCUT2D eigenvalue weighted by atomic mass is 10.1. The molecule has 2 aromatic rings. The molecule has 1 aromatic carbocycles. The van der Waals surface area contributed by atoms with Crippen molar-refractivity contribution in [2.45, 2.75) is 24.1 Å². The lowest BCUT2D eigenvalue weighted by molar-refractivity contribution is -0.132. The van der Waals surface area contributed by atoms with Crippen LogP contribution in [0.15, 0.2) is 41.4 Å². The van der Waals surface area contributed by atoms with Crippen LogP contribution in [0.1, 0.15) is 22.8 Å². The van der Waals surface area contributed by atoms with Gasteiger partial charge in [0.15, 0.2) is 11.6 Å². The maximum atomic E-state index is 12.2. The molecule has 1 N–H and O–H groups in total. The van der Waals surface area contributed by atoms with Crippen LogP contribution in [0.3, 0.4) is 0 Å². The first kappa shape index (κ1) is 19.6. The predicted octanol–water partition coefficient (Wildman–Crippen LogP) is 2.18. The molecule has 0 spiro atoms. The summed E-state index contributed by atoms with van der Waals surface area (Å²) in [5, 5.41) is 10.1. The summed E-state index contributed by atoms with van der Waals surface area (Å²) in [6, 6.07) is 10.4. The Morgan fingerprint density at radius 2 is 1.69 bits per heavy atom. The zero-order valence-corrected chi connectivity index (χ0v) is 15.8. The van der Waals surface area contributed by atoms with E-state index in [1.54, 1.807) is 38.4 Å². The van der Waals surface area contributed by atoms with Gasteiger partial charge in [-0.2, -0.15) is 0 Å². The van der Waals surface area contributed by atoms with Crippen molar-refractivity contribution in [3.05, 3.63) is 47.5 Å². The van der Waals surface area contributed by atoms with Gasteiger partial charge in [-0.15, -0.1) is 10.2 Å². The summed E-state index contributed by atoms with van der Waals surface area (Å²) in [6.45, 7) is 3.31. The first-order valence-corrected chi connectivity index (χ1v) is 8.76. The van der Waals surface area contributed by atoms with E-state index in [0.29, 0.717) is 16.4 Å². The first-order chi connectivity index (χ1) is 12.3. The van der Waals surface area contributed by atoms with E-state index in [4.69, 9.17) is 0 Å². The smallest absolute Gasteiger partial charge is 0.256 e. The summed E-state index contributed by atoms with van der Waals surface area (Å²) in [6.07, 6.45) is 0. The van der Waals surface area contributed by atoms with Crippen molar-refractivity contribution < 1.29 is 14.4 Å². The van der Waals surface area contributed by atoms with E-state index in [9.17, 15) is 14.4 Å². The molecule has 1 heterocycles. The molecule has 0 aliphatic carbocycles. The Kier molecular flexibility index (Phi) is 6.46. The van der Waals surface area contributed by atoms with Gasteiger partial charge >= 0.3 is 0 Å². The van der Waals surface area contributed by atoms with Gasteiger partial charge in [0, 0.05) is 19.7 Å². The van der Waals surface area contributed by atoms with E-state index in [1.807, 2.05) is 19.1 Å². The number of thioether (sulfide) groups is 1. The normalized spacial score (nSPS) is 11.5. The van der Waals surface area contributed by atoms with Gasteiger partial charge in [-0.05, 0) is 38.1 Å². The molecule has 1 unspecified atom stereocenters. The molecule has 0 saturated heterocycles. The van der Waals surface area contributed by atoms with Crippen LogP contribution in [0.5, 0.6) is 0 Å².